The number of hydrogen-bond donors (Lipinski definition) is 3. The van der Waals surface area contributed by atoms with Gasteiger partial charge in [-0.3, -0.25) is 4.79 Å². The Hall–Kier alpha value is -1.25. The second-order valence-electron chi connectivity index (χ2n) is 4.49. The van der Waals surface area contributed by atoms with Crippen LogP contribution in [0.3, 0.4) is 0 Å². The molecule has 1 rings (SSSR count). The molecular formula is C11H20N4O3S. The lowest BCUT2D eigenvalue weighted by atomic mass is 10.1. The predicted octanol–water partition coefficient (Wildman–Crippen LogP) is -0.413. The molecule has 0 saturated heterocycles. The molecule has 8 heteroatoms. The first-order chi connectivity index (χ1) is 8.70. The maximum Gasteiger partial charge on any atom is 0.255 e. The zero-order valence-electron chi connectivity index (χ0n) is 11.6. The van der Waals surface area contributed by atoms with Gasteiger partial charge in [0, 0.05) is 24.8 Å². The molecule has 0 aromatic carbocycles. The summed E-state index contributed by atoms with van der Waals surface area (Å²) in [6, 6.07) is -0.196. The molecule has 19 heavy (non-hydrogen) atoms. The van der Waals surface area contributed by atoms with Gasteiger partial charge < -0.3 is 10.3 Å². The van der Waals surface area contributed by atoms with Gasteiger partial charge >= 0.3 is 0 Å². The van der Waals surface area contributed by atoms with E-state index in [2.05, 4.69) is 20.0 Å². The topological polar surface area (TPSA) is 104 Å². The maximum absolute atomic E-state index is 11.8. The molecule has 0 amide bonds. The molecule has 1 atom stereocenters. The van der Waals surface area contributed by atoms with E-state index >= 15 is 0 Å². The van der Waals surface area contributed by atoms with Gasteiger partial charge in [0.1, 0.15) is 5.82 Å². The average molecular weight is 288 g/mol. The molecule has 3 N–H and O–H groups in total. The van der Waals surface area contributed by atoms with Crippen LogP contribution in [0.15, 0.2) is 4.79 Å². The number of nitrogens with zero attached hydrogens (tertiary/aromatic N) is 1. The second-order valence-corrected chi connectivity index (χ2v) is 6.33. The number of aromatic nitrogens is 2. The average Bonchev–Trinajstić information content (AvgIpc) is 2.21. The monoisotopic (exact) mass is 288 g/mol. The fourth-order valence-corrected chi connectivity index (χ4v) is 2.35. The van der Waals surface area contributed by atoms with E-state index in [0.29, 0.717) is 23.6 Å². The molecule has 0 saturated carbocycles. The Morgan fingerprint density at radius 3 is 2.47 bits per heavy atom. The number of aromatic amines is 1. The van der Waals surface area contributed by atoms with Crippen molar-refractivity contribution in [3.8, 4) is 0 Å². The van der Waals surface area contributed by atoms with Gasteiger partial charge in [0.05, 0.1) is 11.8 Å². The summed E-state index contributed by atoms with van der Waals surface area (Å²) in [6.07, 6.45) is 1.11. The van der Waals surface area contributed by atoms with Crippen LogP contribution in [-0.4, -0.2) is 37.7 Å². The number of hydrogen-bond acceptors (Lipinski definition) is 5. The SMILES string of the molecule is Cc1nc(C)c(C(C)NCCNS(C)(=O)=O)c(=O)[nH]1. The highest BCUT2D eigenvalue weighted by Gasteiger charge is 2.13. The van der Waals surface area contributed by atoms with E-state index < -0.39 is 10.0 Å². The third-order valence-electron chi connectivity index (χ3n) is 2.64. The van der Waals surface area contributed by atoms with Crippen molar-refractivity contribution in [2.24, 2.45) is 0 Å². The van der Waals surface area contributed by atoms with Gasteiger partial charge in [0.2, 0.25) is 10.0 Å². The Bertz CT molecular complexity index is 594. The molecule has 0 aliphatic rings. The number of aryl methyl sites for hydroxylation is 2. The number of H-pyrrole nitrogens is 1. The summed E-state index contributed by atoms with van der Waals surface area (Å²) in [5.74, 6) is 0.581. The lowest BCUT2D eigenvalue weighted by Crippen LogP contribution is -2.34. The van der Waals surface area contributed by atoms with E-state index in [1.807, 2.05) is 6.92 Å². The minimum Gasteiger partial charge on any atom is -0.310 e. The normalized spacial score (nSPS) is 13.5. The van der Waals surface area contributed by atoms with Crippen molar-refractivity contribution in [3.63, 3.8) is 0 Å². The molecule has 0 spiro atoms. The Kier molecular flexibility index (Phi) is 5.21. The van der Waals surface area contributed by atoms with E-state index in [4.69, 9.17) is 0 Å². The third-order valence-corrected chi connectivity index (χ3v) is 3.37. The van der Waals surface area contributed by atoms with Crippen LogP contribution in [0, 0.1) is 13.8 Å². The largest absolute Gasteiger partial charge is 0.310 e. The summed E-state index contributed by atoms with van der Waals surface area (Å²) in [6.45, 7) is 6.06. The third kappa shape index (κ3) is 5.09. The van der Waals surface area contributed by atoms with Crippen molar-refractivity contribution >= 4 is 10.0 Å². The fraction of sp³-hybridized carbons (Fsp3) is 0.636. The Balaban J connectivity index is 2.64. The first-order valence-corrected chi connectivity index (χ1v) is 7.85. The molecule has 0 fully saturated rings. The summed E-state index contributed by atoms with van der Waals surface area (Å²) >= 11 is 0. The minimum absolute atomic E-state index is 0.166. The molecule has 0 radical (unpaired) electrons. The predicted molar refractivity (Wildman–Crippen MR) is 73.6 cm³/mol. The molecule has 1 heterocycles. The molecular weight excluding hydrogens is 268 g/mol. The number of rotatable bonds is 6. The summed E-state index contributed by atoms with van der Waals surface area (Å²) in [5.41, 5.74) is 1.09. The van der Waals surface area contributed by atoms with E-state index in [1.165, 1.54) is 0 Å². The summed E-state index contributed by atoms with van der Waals surface area (Å²) in [5, 5.41) is 3.09. The van der Waals surface area contributed by atoms with Crippen LogP contribution < -0.4 is 15.6 Å². The summed E-state index contributed by atoms with van der Waals surface area (Å²) in [4.78, 5) is 18.7. The zero-order valence-corrected chi connectivity index (χ0v) is 12.4. The minimum atomic E-state index is -3.18. The molecule has 0 bridgehead atoms. The molecule has 108 valence electrons. The van der Waals surface area contributed by atoms with Gasteiger partial charge in [-0.2, -0.15) is 0 Å². The van der Waals surface area contributed by atoms with Crippen LogP contribution in [0.25, 0.3) is 0 Å². The first-order valence-electron chi connectivity index (χ1n) is 5.96. The fourth-order valence-electron chi connectivity index (χ4n) is 1.87. The molecule has 0 aliphatic carbocycles. The van der Waals surface area contributed by atoms with Crippen LogP contribution in [0.4, 0.5) is 0 Å². The van der Waals surface area contributed by atoms with Gasteiger partial charge in [-0.1, -0.05) is 0 Å². The highest BCUT2D eigenvalue weighted by molar-refractivity contribution is 7.88. The highest BCUT2D eigenvalue weighted by atomic mass is 32.2. The molecule has 1 aromatic rings. The molecule has 1 unspecified atom stereocenters. The van der Waals surface area contributed by atoms with Crippen LogP contribution in [0.2, 0.25) is 0 Å². The lowest BCUT2D eigenvalue weighted by Gasteiger charge is -2.15. The molecule has 7 nitrogen and oxygen atoms in total. The maximum atomic E-state index is 11.8. The number of nitrogens with one attached hydrogen (secondary N) is 3. The first kappa shape index (κ1) is 15.8. The van der Waals surface area contributed by atoms with Gasteiger partial charge in [0.15, 0.2) is 0 Å². The van der Waals surface area contributed by atoms with Crippen molar-refractivity contribution in [2.75, 3.05) is 19.3 Å². The van der Waals surface area contributed by atoms with E-state index in [-0.39, 0.29) is 18.1 Å². The van der Waals surface area contributed by atoms with Crippen molar-refractivity contribution < 1.29 is 8.42 Å². The Labute approximate surface area is 112 Å². The van der Waals surface area contributed by atoms with Crippen molar-refractivity contribution in [1.82, 2.24) is 20.0 Å². The van der Waals surface area contributed by atoms with Gasteiger partial charge in [-0.05, 0) is 20.8 Å². The summed E-state index contributed by atoms with van der Waals surface area (Å²) < 4.78 is 24.2. The van der Waals surface area contributed by atoms with Crippen LogP contribution in [0.1, 0.15) is 30.0 Å². The smallest absolute Gasteiger partial charge is 0.255 e. The molecule has 0 aliphatic heterocycles. The highest BCUT2D eigenvalue weighted by Crippen LogP contribution is 2.09. The Morgan fingerprint density at radius 2 is 1.95 bits per heavy atom. The van der Waals surface area contributed by atoms with Gasteiger partial charge in [-0.15, -0.1) is 0 Å². The molecule has 1 aromatic heterocycles. The Morgan fingerprint density at radius 1 is 1.32 bits per heavy atom. The van der Waals surface area contributed by atoms with E-state index in [0.717, 1.165) is 6.26 Å². The second kappa shape index (κ2) is 6.27. The van der Waals surface area contributed by atoms with Crippen molar-refractivity contribution in [2.45, 2.75) is 26.8 Å². The van der Waals surface area contributed by atoms with E-state index in [1.54, 1.807) is 13.8 Å². The summed E-state index contributed by atoms with van der Waals surface area (Å²) in [7, 11) is -3.18. The number of sulfonamides is 1. The van der Waals surface area contributed by atoms with Gasteiger partial charge in [-0.25, -0.2) is 18.1 Å². The van der Waals surface area contributed by atoms with E-state index in [9.17, 15) is 13.2 Å². The van der Waals surface area contributed by atoms with Crippen LogP contribution in [0.5, 0.6) is 0 Å². The van der Waals surface area contributed by atoms with Crippen molar-refractivity contribution in [3.05, 3.63) is 27.4 Å². The van der Waals surface area contributed by atoms with Crippen LogP contribution in [-0.2, 0) is 10.0 Å². The standard InChI is InChI=1S/C11H20N4O3S/c1-7(12-5-6-13-19(4,17)18)10-8(2)14-9(3)15-11(10)16/h7,12-13H,5-6H2,1-4H3,(H,14,15,16). The van der Waals surface area contributed by atoms with Crippen LogP contribution >= 0.6 is 0 Å². The lowest BCUT2D eigenvalue weighted by molar-refractivity contribution is 0.549. The van der Waals surface area contributed by atoms with Crippen molar-refractivity contribution in [1.29, 1.82) is 0 Å². The van der Waals surface area contributed by atoms with Gasteiger partial charge in [0.25, 0.3) is 5.56 Å². The zero-order chi connectivity index (χ0) is 14.6. The quantitative estimate of drug-likeness (QED) is 0.617.